The lowest BCUT2D eigenvalue weighted by molar-refractivity contribution is -0.133. The minimum Gasteiger partial charge on any atom is -0.493 e. The molecule has 6 rings (SSSR count). The largest absolute Gasteiger partial charge is 0.493 e. The molecule has 0 radical (unpaired) electrons. The molecule has 1 aromatic carbocycles. The van der Waals surface area contributed by atoms with E-state index in [9.17, 15) is 9.18 Å². The van der Waals surface area contributed by atoms with E-state index in [-0.39, 0.29) is 24.2 Å². The fourth-order valence-corrected chi connectivity index (χ4v) is 6.85. The third-order valence-electron chi connectivity index (χ3n) is 9.08. The summed E-state index contributed by atoms with van der Waals surface area (Å²) in [6.45, 7) is 7.21. The normalized spacial score (nSPS) is 24.9. The number of halogens is 2. The van der Waals surface area contributed by atoms with Gasteiger partial charge in [-0.1, -0.05) is 23.7 Å². The molecular formula is C30H37ClFN5O2. The van der Waals surface area contributed by atoms with Gasteiger partial charge in [-0.05, 0) is 68.4 Å². The standard InChI is InChI=1S/C30H37ClFN5O2/c1-20-28-3-2-9-35(28)12-13-37(20)29(38)16-23-4-5-25(17-27(23)32)39-14-8-22-15-26(22)21-6-10-36(11-7-21)30-33-18-24(31)19-34-30/h3-5,17-22,26H,2,6-16H2,1H3/t20?,22-,26?/m1/s1. The number of piperidine rings is 1. The maximum atomic E-state index is 14.9. The second-order valence-electron chi connectivity index (χ2n) is 11.4. The minimum atomic E-state index is -0.368. The number of aromatic nitrogens is 2. The summed E-state index contributed by atoms with van der Waals surface area (Å²) in [5.74, 6) is 3.10. The Morgan fingerprint density at radius 1 is 1.10 bits per heavy atom. The van der Waals surface area contributed by atoms with Crippen molar-refractivity contribution in [3.8, 4) is 5.75 Å². The molecule has 2 saturated heterocycles. The first-order valence-electron chi connectivity index (χ1n) is 14.3. The van der Waals surface area contributed by atoms with Crippen molar-refractivity contribution in [2.45, 2.75) is 51.5 Å². The van der Waals surface area contributed by atoms with Crippen LogP contribution in [-0.2, 0) is 11.2 Å². The Morgan fingerprint density at radius 3 is 2.67 bits per heavy atom. The van der Waals surface area contributed by atoms with Crippen molar-refractivity contribution in [3.63, 3.8) is 0 Å². The zero-order valence-electron chi connectivity index (χ0n) is 22.6. The summed E-state index contributed by atoms with van der Waals surface area (Å²) in [4.78, 5) is 28.2. The highest BCUT2D eigenvalue weighted by atomic mass is 35.5. The summed E-state index contributed by atoms with van der Waals surface area (Å²) in [7, 11) is 0. The number of nitrogens with zero attached hydrogens (tertiary/aromatic N) is 5. The molecule has 2 aromatic rings. The number of hydrogen-bond donors (Lipinski definition) is 0. The second-order valence-corrected chi connectivity index (χ2v) is 11.9. The van der Waals surface area contributed by atoms with Gasteiger partial charge in [-0.2, -0.15) is 0 Å². The van der Waals surface area contributed by atoms with Crippen LogP contribution >= 0.6 is 11.6 Å². The van der Waals surface area contributed by atoms with Crippen LogP contribution < -0.4 is 9.64 Å². The first-order valence-corrected chi connectivity index (χ1v) is 14.7. The van der Waals surface area contributed by atoms with Gasteiger partial charge in [-0.25, -0.2) is 14.4 Å². The molecule has 1 amide bonds. The SMILES string of the molecule is CC1C2=CCCN2CCN1C(=O)Cc1ccc(OCC[C@@H]2CC2C2CCN(c3ncc(Cl)cn3)CC2)cc1F. The summed E-state index contributed by atoms with van der Waals surface area (Å²) in [5.41, 5.74) is 1.66. The van der Waals surface area contributed by atoms with Crippen LogP contribution in [-0.4, -0.2) is 71.0 Å². The van der Waals surface area contributed by atoms with Crippen LogP contribution in [0, 0.1) is 23.6 Å². The van der Waals surface area contributed by atoms with E-state index in [0.717, 1.165) is 69.6 Å². The van der Waals surface area contributed by atoms with E-state index < -0.39 is 0 Å². The van der Waals surface area contributed by atoms with Gasteiger partial charge in [0.2, 0.25) is 11.9 Å². The van der Waals surface area contributed by atoms with Gasteiger partial charge in [-0.3, -0.25) is 4.79 Å². The van der Waals surface area contributed by atoms with Crippen molar-refractivity contribution >= 4 is 23.5 Å². The third-order valence-corrected chi connectivity index (χ3v) is 9.28. The minimum absolute atomic E-state index is 0.0196. The molecule has 0 spiro atoms. The van der Waals surface area contributed by atoms with E-state index in [4.69, 9.17) is 16.3 Å². The van der Waals surface area contributed by atoms with E-state index in [1.807, 2.05) is 4.90 Å². The Balaban J connectivity index is 0.928. The van der Waals surface area contributed by atoms with Gasteiger partial charge in [-0.15, -0.1) is 0 Å². The lowest BCUT2D eigenvalue weighted by Crippen LogP contribution is -2.51. The van der Waals surface area contributed by atoms with Crippen molar-refractivity contribution in [3.05, 3.63) is 58.8 Å². The van der Waals surface area contributed by atoms with Crippen LogP contribution in [0.1, 0.15) is 44.6 Å². The predicted molar refractivity (Wildman–Crippen MR) is 149 cm³/mol. The number of piperazine rings is 1. The quantitative estimate of drug-likeness (QED) is 0.461. The summed E-state index contributed by atoms with van der Waals surface area (Å²) in [5, 5.41) is 0.562. The van der Waals surface area contributed by atoms with Gasteiger partial charge in [0.1, 0.15) is 11.6 Å². The number of carbonyl (C=O) groups excluding carboxylic acids is 1. The fourth-order valence-electron chi connectivity index (χ4n) is 6.76. The molecule has 1 aliphatic carbocycles. The molecular weight excluding hydrogens is 517 g/mol. The van der Waals surface area contributed by atoms with Crippen molar-refractivity contribution in [2.24, 2.45) is 17.8 Å². The van der Waals surface area contributed by atoms with Gasteiger partial charge < -0.3 is 19.4 Å². The molecule has 4 aliphatic rings. The van der Waals surface area contributed by atoms with Crippen LogP contribution in [0.15, 0.2) is 42.4 Å². The first-order chi connectivity index (χ1) is 19.0. The number of anilines is 1. The Bertz CT molecular complexity index is 1220. The van der Waals surface area contributed by atoms with Gasteiger partial charge in [0.05, 0.1) is 36.5 Å². The van der Waals surface area contributed by atoms with Crippen LogP contribution in [0.3, 0.4) is 0 Å². The van der Waals surface area contributed by atoms with E-state index >= 15 is 0 Å². The van der Waals surface area contributed by atoms with Crippen LogP contribution in [0.25, 0.3) is 0 Å². The Kier molecular flexibility index (Phi) is 7.65. The van der Waals surface area contributed by atoms with Crippen molar-refractivity contribution in [2.75, 3.05) is 44.2 Å². The zero-order chi connectivity index (χ0) is 26.9. The molecule has 39 heavy (non-hydrogen) atoms. The fraction of sp³-hybridized carbons (Fsp3) is 0.567. The van der Waals surface area contributed by atoms with E-state index in [2.05, 4.69) is 32.8 Å². The highest BCUT2D eigenvalue weighted by Gasteiger charge is 2.43. The average molecular weight is 554 g/mol. The van der Waals surface area contributed by atoms with Crippen LogP contribution in [0.5, 0.6) is 5.75 Å². The van der Waals surface area contributed by atoms with Gasteiger partial charge in [0.25, 0.3) is 0 Å². The van der Waals surface area contributed by atoms with E-state index in [1.54, 1.807) is 24.5 Å². The molecule has 1 saturated carbocycles. The number of carbonyl (C=O) groups is 1. The second kappa shape index (κ2) is 11.3. The van der Waals surface area contributed by atoms with Crippen LogP contribution in [0.2, 0.25) is 5.02 Å². The molecule has 3 fully saturated rings. The number of fused-ring (bicyclic) bond motifs is 1. The smallest absolute Gasteiger partial charge is 0.227 e. The number of benzene rings is 1. The monoisotopic (exact) mass is 553 g/mol. The molecule has 7 nitrogen and oxygen atoms in total. The maximum Gasteiger partial charge on any atom is 0.227 e. The van der Waals surface area contributed by atoms with Crippen molar-refractivity contribution in [1.82, 2.24) is 19.8 Å². The summed E-state index contributed by atoms with van der Waals surface area (Å²) < 4.78 is 20.8. The Morgan fingerprint density at radius 2 is 1.90 bits per heavy atom. The molecule has 9 heteroatoms. The third kappa shape index (κ3) is 5.86. The number of hydrogen-bond acceptors (Lipinski definition) is 6. The van der Waals surface area contributed by atoms with Gasteiger partial charge in [0.15, 0.2) is 0 Å². The first kappa shape index (κ1) is 26.4. The predicted octanol–water partition coefficient (Wildman–Crippen LogP) is 4.95. The van der Waals surface area contributed by atoms with Gasteiger partial charge >= 0.3 is 0 Å². The number of ether oxygens (including phenoxy) is 1. The number of rotatable bonds is 8. The molecule has 3 atom stereocenters. The summed E-state index contributed by atoms with van der Waals surface area (Å²) >= 11 is 5.91. The molecule has 3 aliphatic heterocycles. The van der Waals surface area contributed by atoms with Crippen molar-refractivity contribution in [1.29, 1.82) is 0 Å². The molecule has 4 heterocycles. The van der Waals surface area contributed by atoms with Gasteiger partial charge in [0, 0.05) is 44.5 Å². The van der Waals surface area contributed by atoms with E-state index in [0.29, 0.717) is 35.4 Å². The average Bonchev–Trinajstić information content (AvgIpc) is 3.54. The maximum absolute atomic E-state index is 14.9. The molecule has 0 N–H and O–H groups in total. The van der Waals surface area contributed by atoms with E-state index in [1.165, 1.54) is 18.2 Å². The Labute approximate surface area is 235 Å². The highest BCUT2D eigenvalue weighted by Crippen LogP contribution is 2.49. The molecule has 208 valence electrons. The lowest BCUT2D eigenvalue weighted by atomic mass is 9.90. The molecule has 2 unspecified atom stereocenters. The lowest BCUT2D eigenvalue weighted by Gasteiger charge is -2.41. The topological polar surface area (TPSA) is 61.8 Å². The summed E-state index contributed by atoms with van der Waals surface area (Å²) in [6.07, 6.45) is 11.2. The highest BCUT2D eigenvalue weighted by molar-refractivity contribution is 6.30. The molecule has 0 bridgehead atoms. The molecule has 1 aromatic heterocycles. The summed E-state index contributed by atoms with van der Waals surface area (Å²) in [6, 6.07) is 4.99. The van der Waals surface area contributed by atoms with Crippen molar-refractivity contribution < 1.29 is 13.9 Å². The number of amides is 1. The van der Waals surface area contributed by atoms with Crippen LogP contribution in [0.4, 0.5) is 10.3 Å². The Hall–Kier alpha value is -2.87. The zero-order valence-corrected chi connectivity index (χ0v) is 23.3.